The first-order valence-electron chi connectivity index (χ1n) is 7.88. The molecule has 0 amide bonds. The van der Waals surface area contributed by atoms with Crippen LogP contribution < -0.4 is 0 Å². The van der Waals surface area contributed by atoms with Crippen molar-refractivity contribution in [3.63, 3.8) is 0 Å². The molecule has 0 fully saturated rings. The van der Waals surface area contributed by atoms with E-state index >= 15 is 0 Å². The Bertz CT molecular complexity index is 880. The molecule has 0 radical (unpaired) electrons. The molecule has 1 aromatic carbocycles. The number of rotatable bonds is 4. The molecule has 7 nitrogen and oxygen atoms in total. The van der Waals surface area contributed by atoms with Gasteiger partial charge >= 0.3 is 0 Å². The van der Waals surface area contributed by atoms with Gasteiger partial charge in [0.2, 0.25) is 0 Å². The Morgan fingerprint density at radius 3 is 2.92 bits per heavy atom. The van der Waals surface area contributed by atoms with E-state index in [9.17, 15) is 0 Å². The van der Waals surface area contributed by atoms with E-state index in [0.717, 1.165) is 34.8 Å². The molecule has 3 aromatic rings. The van der Waals surface area contributed by atoms with Crippen LogP contribution in [-0.4, -0.2) is 36.4 Å². The van der Waals surface area contributed by atoms with Gasteiger partial charge in [-0.15, -0.1) is 0 Å². The topological polar surface area (TPSA) is 70.1 Å². The van der Waals surface area contributed by atoms with Gasteiger partial charge in [0.1, 0.15) is 12.7 Å². The van der Waals surface area contributed by atoms with E-state index in [-0.39, 0.29) is 6.10 Å². The van der Waals surface area contributed by atoms with E-state index in [1.54, 1.807) is 11.0 Å². The van der Waals surface area contributed by atoms with Crippen molar-refractivity contribution >= 4 is 5.71 Å². The molecule has 1 atom stereocenters. The molecule has 24 heavy (non-hydrogen) atoms. The highest BCUT2D eigenvalue weighted by Crippen LogP contribution is 2.20. The third kappa shape index (κ3) is 2.80. The summed E-state index contributed by atoms with van der Waals surface area (Å²) >= 11 is 0. The highest BCUT2D eigenvalue weighted by atomic mass is 16.6. The summed E-state index contributed by atoms with van der Waals surface area (Å²) < 4.78 is 3.71. The average Bonchev–Trinajstić information content (AvgIpc) is 3.31. The summed E-state index contributed by atoms with van der Waals surface area (Å²) in [4.78, 5) is 9.59. The van der Waals surface area contributed by atoms with E-state index in [1.165, 1.54) is 6.33 Å². The normalized spacial score (nSPS) is 16.9. The van der Waals surface area contributed by atoms with E-state index in [1.807, 2.05) is 35.9 Å². The third-order valence-corrected chi connectivity index (χ3v) is 4.08. The van der Waals surface area contributed by atoms with Crippen molar-refractivity contribution in [3.8, 4) is 5.69 Å². The molecule has 0 saturated heterocycles. The van der Waals surface area contributed by atoms with Crippen molar-refractivity contribution in [2.24, 2.45) is 5.16 Å². The Balaban J connectivity index is 1.49. The van der Waals surface area contributed by atoms with Crippen LogP contribution in [0.4, 0.5) is 0 Å². The summed E-state index contributed by atoms with van der Waals surface area (Å²) in [5.41, 5.74) is 5.10. The van der Waals surface area contributed by atoms with Crippen LogP contribution in [-0.2, 0) is 11.4 Å². The van der Waals surface area contributed by atoms with Crippen molar-refractivity contribution in [2.75, 3.05) is 0 Å². The minimum Gasteiger partial charge on any atom is -0.390 e. The summed E-state index contributed by atoms with van der Waals surface area (Å²) in [6.07, 6.45) is 3.97. The van der Waals surface area contributed by atoms with Gasteiger partial charge in [-0.05, 0) is 32.0 Å². The largest absolute Gasteiger partial charge is 0.390 e. The van der Waals surface area contributed by atoms with Crippen molar-refractivity contribution in [1.82, 2.24) is 24.5 Å². The quantitative estimate of drug-likeness (QED) is 0.739. The second kappa shape index (κ2) is 5.92. The molecule has 3 heterocycles. The lowest BCUT2D eigenvalue weighted by Gasteiger charge is -2.10. The van der Waals surface area contributed by atoms with Crippen LogP contribution in [0.15, 0.2) is 48.1 Å². The summed E-state index contributed by atoms with van der Waals surface area (Å²) in [6, 6.07) is 10.1. The van der Waals surface area contributed by atoms with Gasteiger partial charge < -0.3 is 4.84 Å². The fourth-order valence-electron chi connectivity index (χ4n) is 2.92. The van der Waals surface area contributed by atoms with Crippen molar-refractivity contribution in [2.45, 2.75) is 32.9 Å². The number of benzene rings is 1. The standard InChI is InChI=1S/C17H18N6O/c1-12-6-13(2)22(20-12)9-16-8-17(21-24-16)14-4-3-5-15(7-14)23-11-18-10-19-23/h3-7,10-11,16H,8-9H2,1-2H3. The van der Waals surface area contributed by atoms with Crippen molar-refractivity contribution < 1.29 is 4.84 Å². The average molecular weight is 322 g/mol. The Labute approximate surface area is 139 Å². The maximum atomic E-state index is 5.61. The smallest absolute Gasteiger partial charge is 0.152 e. The summed E-state index contributed by atoms with van der Waals surface area (Å²) in [5, 5.41) is 12.9. The highest BCUT2D eigenvalue weighted by Gasteiger charge is 2.23. The van der Waals surface area contributed by atoms with Crippen molar-refractivity contribution in [3.05, 3.63) is 59.9 Å². The summed E-state index contributed by atoms with van der Waals surface area (Å²) in [6.45, 7) is 4.75. The first kappa shape index (κ1) is 14.6. The lowest BCUT2D eigenvalue weighted by molar-refractivity contribution is 0.0692. The Morgan fingerprint density at radius 2 is 2.17 bits per heavy atom. The molecule has 122 valence electrons. The van der Waals surface area contributed by atoms with Gasteiger partial charge in [-0.1, -0.05) is 17.3 Å². The molecule has 0 aliphatic carbocycles. The maximum absolute atomic E-state index is 5.61. The van der Waals surface area contributed by atoms with Gasteiger partial charge in [0, 0.05) is 17.7 Å². The van der Waals surface area contributed by atoms with Gasteiger partial charge in [-0.3, -0.25) is 4.68 Å². The molecule has 0 spiro atoms. The van der Waals surface area contributed by atoms with Gasteiger partial charge in [0.15, 0.2) is 6.10 Å². The Morgan fingerprint density at radius 1 is 1.25 bits per heavy atom. The lowest BCUT2D eigenvalue weighted by atomic mass is 10.0. The van der Waals surface area contributed by atoms with Crippen LogP contribution >= 0.6 is 0 Å². The van der Waals surface area contributed by atoms with Crippen LogP contribution in [0.25, 0.3) is 5.69 Å². The fourth-order valence-corrected chi connectivity index (χ4v) is 2.92. The summed E-state index contributed by atoms with van der Waals surface area (Å²) in [5.74, 6) is 0. The minimum atomic E-state index is 0.00743. The van der Waals surface area contributed by atoms with E-state index in [4.69, 9.17) is 4.84 Å². The van der Waals surface area contributed by atoms with E-state index in [2.05, 4.69) is 33.3 Å². The summed E-state index contributed by atoms with van der Waals surface area (Å²) in [7, 11) is 0. The predicted octanol–water partition coefficient (Wildman–Crippen LogP) is 2.27. The molecule has 7 heteroatoms. The number of aromatic nitrogens is 5. The zero-order valence-electron chi connectivity index (χ0n) is 13.6. The zero-order chi connectivity index (χ0) is 16.5. The Kier molecular flexibility index (Phi) is 3.60. The molecule has 0 N–H and O–H groups in total. The first-order chi connectivity index (χ1) is 11.7. The van der Waals surface area contributed by atoms with Crippen molar-refractivity contribution in [1.29, 1.82) is 0 Å². The molecule has 1 aliphatic rings. The van der Waals surface area contributed by atoms with Crippen LogP contribution in [0.2, 0.25) is 0 Å². The van der Waals surface area contributed by atoms with Gasteiger partial charge in [0.05, 0.1) is 23.6 Å². The van der Waals surface area contributed by atoms with Crippen LogP contribution in [0, 0.1) is 13.8 Å². The van der Waals surface area contributed by atoms with Gasteiger partial charge in [-0.25, -0.2) is 9.67 Å². The molecular weight excluding hydrogens is 304 g/mol. The molecule has 1 aliphatic heterocycles. The zero-order valence-corrected chi connectivity index (χ0v) is 13.6. The molecule has 0 saturated carbocycles. The molecule has 4 rings (SSSR count). The van der Waals surface area contributed by atoms with Crippen LogP contribution in [0.1, 0.15) is 23.4 Å². The minimum absolute atomic E-state index is 0.00743. The SMILES string of the molecule is Cc1cc(C)n(CC2CC(c3cccc(-n4cncn4)c3)=NO2)n1. The monoisotopic (exact) mass is 322 g/mol. The first-order valence-corrected chi connectivity index (χ1v) is 7.88. The number of hydrogen-bond donors (Lipinski definition) is 0. The second-order valence-corrected chi connectivity index (χ2v) is 5.97. The molecular formula is C17H18N6O. The number of aryl methyl sites for hydroxylation is 2. The third-order valence-electron chi connectivity index (χ3n) is 4.08. The number of hydrogen-bond acceptors (Lipinski definition) is 5. The van der Waals surface area contributed by atoms with Gasteiger partial charge in [-0.2, -0.15) is 10.2 Å². The van der Waals surface area contributed by atoms with Gasteiger partial charge in [0.25, 0.3) is 0 Å². The van der Waals surface area contributed by atoms with E-state index in [0.29, 0.717) is 6.54 Å². The lowest BCUT2D eigenvalue weighted by Crippen LogP contribution is -2.18. The maximum Gasteiger partial charge on any atom is 0.152 e. The van der Waals surface area contributed by atoms with Crippen LogP contribution in [0.5, 0.6) is 0 Å². The highest BCUT2D eigenvalue weighted by molar-refractivity contribution is 6.01. The Hall–Kier alpha value is -2.96. The molecule has 1 unspecified atom stereocenters. The van der Waals surface area contributed by atoms with E-state index < -0.39 is 0 Å². The molecule has 2 aromatic heterocycles. The number of nitrogens with zero attached hydrogens (tertiary/aromatic N) is 6. The van der Waals surface area contributed by atoms with Crippen LogP contribution in [0.3, 0.4) is 0 Å². The fraction of sp³-hybridized carbons (Fsp3) is 0.294. The predicted molar refractivity (Wildman–Crippen MR) is 89.1 cm³/mol. The molecule has 0 bridgehead atoms. The number of oxime groups is 1. The second-order valence-electron chi connectivity index (χ2n) is 5.97.